The smallest absolute Gasteiger partial charge is 0.0580 e. The van der Waals surface area contributed by atoms with Crippen LogP contribution in [-0.4, -0.2) is 11.5 Å². The van der Waals surface area contributed by atoms with Gasteiger partial charge in [0.2, 0.25) is 0 Å². The van der Waals surface area contributed by atoms with E-state index < -0.39 is 0 Å². The van der Waals surface area contributed by atoms with E-state index >= 15 is 0 Å². The van der Waals surface area contributed by atoms with Crippen molar-refractivity contribution >= 4 is 11.6 Å². The monoisotopic (exact) mass is 288 g/mol. The first-order valence-electron chi connectivity index (χ1n) is 7.03. The van der Waals surface area contributed by atoms with Crippen molar-refractivity contribution in [3.05, 3.63) is 63.9 Å². The molecule has 2 aromatic rings. The van der Waals surface area contributed by atoms with Gasteiger partial charge < -0.3 is 5.32 Å². The minimum Gasteiger partial charge on any atom is -0.306 e. The van der Waals surface area contributed by atoms with Crippen LogP contribution in [-0.2, 0) is 0 Å². The molecule has 0 amide bonds. The van der Waals surface area contributed by atoms with Crippen molar-refractivity contribution < 1.29 is 0 Å². The lowest BCUT2D eigenvalue weighted by Crippen LogP contribution is -2.24. The fraction of sp³-hybridized carbons (Fsp3) is 0.353. The number of rotatable bonds is 5. The Morgan fingerprint density at radius 2 is 2.00 bits per heavy atom. The molecule has 0 fully saturated rings. The Bertz CT molecular complexity index is 581. The molecule has 0 bridgehead atoms. The maximum absolute atomic E-state index is 6.28. The highest BCUT2D eigenvalue weighted by molar-refractivity contribution is 6.31. The van der Waals surface area contributed by atoms with Crippen molar-refractivity contribution in [1.29, 1.82) is 0 Å². The number of aryl methyl sites for hydroxylation is 2. The van der Waals surface area contributed by atoms with Crippen LogP contribution < -0.4 is 5.32 Å². The van der Waals surface area contributed by atoms with Gasteiger partial charge in [0.25, 0.3) is 0 Å². The zero-order valence-corrected chi connectivity index (χ0v) is 13.0. The van der Waals surface area contributed by atoms with Crippen molar-refractivity contribution in [2.45, 2.75) is 33.2 Å². The summed E-state index contributed by atoms with van der Waals surface area (Å²) in [6.45, 7) is 7.26. The van der Waals surface area contributed by atoms with E-state index in [0.29, 0.717) is 0 Å². The number of nitrogens with zero attached hydrogens (tertiary/aromatic N) is 1. The van der Waals surface area contributed by atoms with Gasteiger partial charge in [-0.15, -0.1) is 0 Å². The lowest BCUT2D eigenvalue weighted by atomic mass is 9.95. The summed E-state index contributed by atoms with van der Waals surface area (Å²) in [6, 6.07) is 8.53. The number of hydrogen-bond donors (Lipinski definition) is 1. The van der Waals surface area contributed by atoms with Crippen molar-refractivity contribution in [2.75, 3.05) is 6.54 Å². The summed E-state index contributed by atoms with van der Waals surface area (Å²) in [5, 5.41) is 4.42. The van der Waals surface area contributed by atoms with E-state index in [4.69, 9.17) is 11.6 Å². The van der Waals surface area contributed by atoms with Gasteiger partial charge in [-0.3, -0.25) is 4.98 Å². The van der Waals surface area contributed by atoms with E-state index in [1.807, 2.05) is 19.3 Å². The van der Waals surface area contributed by atoms with E-state index in [2.05, 4.69) is 48.4 Å². The Morgan fingerprint density at radius 1 is 1.20 bits per heavy atom. The first-order valence-corrected chi connectivity index (χ1v) is 7.41. The summed E-state index contributed by atoms with van der Waals surface area (Å²) in [7, 11) is 0. The molecule has 1 N–H and O–H groups in total. The van der Waals surface area contributed by atoms with Gasteiger partial charge in [-0.2, -0.15) is 0 Å². The minimum atomic E-state index is 0.163. The predicted octanol–water partition coefficient (Wildman–Crippen LogP) is 4.44. The molecule has 106 valence electrons. The molecule has 0 saturated heterocycles. The molecule has 1 atom stereocenters. The van der Waals surface area contributed by atoms with Crippen molar-refractivity contribution in [3.63, 3.8) is 0 Å². The largest absolute Gasteiger partial charge is 0.306 e. The summed E-state index contributed by atoms with van der Waals surface area (Å²) in [5.74, 6) is 0. The summed E-state index contributed by atoms with van der Waals surface area (Å²) < 4.78 is 0. The van der Waals surface area contributed by atoms with Crippen LogP contribution in [0.1, 0.15) is 41.6 Å². The van der Waals surface area contributed by atoms with Gasteiger partial charge in [0.05, 0.1) is 6.04 Å². The van der Waals surface area contributed by atoms with Crippen LogP contribution in [0.2, 0.25) is 5.02 Å². The van der Waals surface area contributed by atoms with E-state index in [9.17, 15) is 0 Å². The molecule has 2 nitrogen and oxygen atoms in total. The predicted molar refractivity (Wildman–Crippen MR) is 85.3 cm³/mol. The third kappa shape index (κ3) is 3.38. The van der Waals surface area contributed by atoms with Crippen LogP contribution in [0.5, 0.6) is 0 Å². The number of hydrogen-bond acceptors (Lipinski definition) is 2. The van der Waals surface area contributed by atoms with Crippen LogP contribution in [0.4, 0.5) is 0 Å². The van der Waals surface area contributed by atoms with Gasteiger partial charge >= 0.3 is 0 Å². The molecule has 1 heterocycles. The molecule has 2 rings (SSSR count). The topological polar surface area (TPSA) is 24.9 Å². The molecule has 0 aliphatic heterocycles. The average molecular weight is 289 g/mol. The summed E-state index contributed by atoms with van der Waals surface area (Å²) in [4.78, 5) is 4.18. The van der Waals surface area contributed by atoms with E-state index in [0.717, 1.165) is 23.6 Å². The summed E-state index contributed by atoms with van der Waals surface area (Å²) in [5.41, 5.74) is 4.76. The lowest BCUT2D eigenvalue weighted by Gasteiger charge is -2.21. The van der Waals surface area contributed by atoms with E-state index in [-0.39, 0.29) is 6.04 Å². The van der Waals surface area contributed by atoms with Crippen molar-refractivity contribution in [1.82, 2.24) is 10.3 Å². The van der Waals surface area contributed by atoms with Gasteiger partial charge in [0, 0.05) is 17.4 Å². The molecule has 0 spiro atoms. The number of aromatic nitrogens is 1. The van der Waals surface area contributed by atoms with Crippen LogP contribution >= 0.6 is 11.6 Å². The Hall–Kier alpha value is -1.38. The molecule has 0 radical (unpaired) electrons. The van der Waals surface area contributed by atoms with Gasteiger partial charge in [0.1, 0.15) is 0 Å². The Balaban J connectivity index is 2.41. The second-order valence-electron chi connectivity index (χ2n) is 5.13. The Labute approximate surface area is 126 Å². The highest BCUT2D eigenvalue weighted by Gasteiger charge is 2.16. The molecule has 0 aliphatic carbocycles. The lowest BCUT2D eigenvalue weighted by molar-refractivity contribution is 0.595. The second kappa shape index (κ2) is 6.87. The Kier molecular flexibility index (Phi) is 5.16. The highest BCUT2D eigenvalue weighted by Crippen LogP contribution is 2.27. The normalized spacial score (nSPS) is 12.4. The average Bonchev–Trinajstić information content (AvgIpc) is 2.44. The molecular formula is C17H21ClN2. The zero-order valence-electron chi connectivity index (χ0n) is 12.3. The number of halogens is 1. The van der Waals surface area contributed by atoms with Gasteiger partial charge in [0.15, 0.2) is 0 Å². The maximum atomic E-state index is 6.28. The van der Waals surface area contributed by atoms with Crippen LogP contribution in [0, 0.1) is 13.8 Å². The first kappa shape index (κ1) is 15.0. The number of nitrogens with one attached hydrogen (secondary N) is 1. The SMILES string of the molecule is CCCNC(c1ccc(C)c(Cl)c1)c1ccncc1C. The first-order chi connectivity index (χ1) is 9.63. The third-order valence-electron chi connectivity index (χ3n) is 3.50. The van der Waals surface area contributed by atoms with E-state index in [1.54, 1.807) is 0 Å². The summed E-state index contributed by atoms with van der Waals surface area (Å²) >= 11 is 6.28. The molecular weight excluding hydrogens is 268 g/mol. The fourth-order valence-corrected chi connectivity index (χ4v) is 2.48. The van der Waals surface area contributed by atoms with Crippen LogP contribution in [0.3, 0.4) is 0 Å². The number of benzene rings is 1. The van der Waals surface area contributed by atoms with Crippen molar-refractivity contribution in [2.24, 2.45) is 0 Å². The zero-order chi connectivity index (χ0) is 14.5. The Morgan fingerprint density at radius 3 is 2.65 bits per heavy atom. The quantitative estimate of drug-likeness (QED) is 0.880. The molecule has 1 aromatic carbocycles. The van der Waals surface area contributed by atoms with Gasteiger partial charge in [-0.1, -0.05) is 30.7 Å². The minimum absolute atomic E-state index is 0.163. The molecule has 0 aliphatic rings. The molecule has 1 unspecified atom stereocenters. The maximum Gasteiger partial charge on any atom is 0.0580 e. The third-order valence-corrected chi connectivity index (χ3v) is 3.91. The van der Waals surface area contributed by atoms with Gasteiger partial charge in [-0.05, 0) is 61.2 Å². The fourth-order valence-electron chi connectivity index (χ4n) is 2.29. The van der Waals surface area contributed by atoms with E-state index in [1.165, 1.54) is 16.7 Å². The highest BCUT2D eigenvalue weighted by atomic mass is 35.5. The molecule has 0 saturated carbocycles. The summed E-state index contributed by atoms with van der Waals surface area (Å²) in [6.07, 6.45) is 4.85. The van der Waals surface area contributed by atoms with Crippen LogP contribution in [0.15, 0.2) is 36.7 Å². The van der Waals surface area contributed by atoms with Crippen molar-refractivity contribution in [3.8, 4) is 0 Å². The molecule has 20 heavy (non-hydrogen) atoms. The second-order valence-corrected chi connectivity index (χ2v) is 5.54. The number of pyridine rings is 1. The molecule has 1 aromatic heterocycles. The van der Waals surface area contributed by atoms with Crippen LogP contribution in [0.25, 0.3) is 0 Å². The molecule has 3 heteroatoms. The standard InChI is InChI=1S/C17H21ClN2/c1-4-8-20-17(15-7-9-19-11-13(15)3)14-6-5-12(2)16(18)10-14/h5-7,9-11,17,20H,4,8H2,1-3H3. The van der Waals surface area contributed by atoms with Gasteiger partial charge in [-0.25, -0.2) is 0 Å².